The standard InChI is InChI=1S/C23H26N4O2/c1-16-6-4-8-18(10-16)12-21(28)24-14-20-15-27(3)26-23(20)25-22(29)13-19-9-5-7-17(2)11-19/h4-11,15H,12-14H2,1-3H3,(H,24,28)(H,25,26,29). The molecule has 0 unspecified atom stereocenters. The number of nitrogens with one attached hydrogen (secondary N) is 2. The van der Waals surface area contributed by atoms with Gasteiger partial charge in [-0.25, -0.2) is 0 Å². The van der Waals surface area contributed by atoms with Gasteiger partial charge < -0.3 is 10.6 Å². The zero-order chi connectivity index (χ0) is 20.8. The number of amides is 2. The fourth-order valence-electron chi connectivity index (χ4n) is 3.22. The molecular formula is C23H26N4O2. The second-order valence-electron chi connectivity index (χ2n) is 7.33. The summed E-state index contributed by atoms with van der Waals surface area (Å²) in [4.78, 5) is 24.7. The Balaban J connectivity index is 1.58. The molecule has 0 atom stereocenters. The van der Waals surface area contributed by atoms with Crippen LogP contribution >= 0.6 is 0 Å². The fourth-order valence-corrected chi connectivity index (χ4v) is 3.22. The number of rotatable bonds is 7. The van der Waals surface area contributed by atoms with Gasteiger partial charge in [0.2, 0.25) is 11.8 Å². The monoisotopic (exact) mass is 390 g/mol. The van der Waals surface area contributed by atoms with Crippen molar-refractivity contribution in [1.29, 1.82) is 0 Å². The van der Waals surface area contributed by atoms with Crippen molar-refractivity contribution in [2.75, 3.05) is 5.32 Å². The summed E-state index contributed by atoms with van der Waals surface area (Å²) in [5.41, 5.74) is 4.93. The Labute approximate surface area is 170 Å². The van der Waals surface area contributed by atoms with Crippen molar-refractivity contribution >= 4 is 17.6 Å². The van der Waals surface area contributed by atoms with E-state index in [9.17, 15) is 9.59 Å². The van der Waals surface area contributed by atoms with Crippen molar-refractivity contribution in [3.63, 3.8) is 0 Å². The molecule has 3 rings (SSSR count). The maximum Gasteiger partial charge on any atom is 0.230 e. The molecule has 2 aromatic carbocycles. The highest BCUT2D eigenvalue weighted by molar-refractivity contribution is 5.92. The molecule has 6 heteroatoms. The Bertz CT molecular complexity index is 1020. The van der Waals surface area contributed by atoms with Gasteiger partial charge in [-0.05, 0) is 25.0 Å². The molecule has 150 valence electrons. The van der Waals surface area contributed by atoms with E-state index in [1.54, 1.807) is 17.9 Å². The van der Waals surface area contributed by atoms with Crippen LogP contribution in [-0.4, -0.2) is 21.6 Å². The molecule has 6 nitrogen and oxygen atoms in total. The van der Waals surface area contributed by atoms with Gasteiger partial charge >= 0.3 is 0 Å². The maximum absolute atomic E-state index is 12.4. The highest BCUT2D eigenvalue weighted by Crippen LogP contribution is 2.14. The topological polar surface area (TPSA) is 76.0 Å². The summed E-state index contributed by atoms with van der Waals surface area (Å²) in [5.74, 6) is 0.263. The Kier molecular flexibility index (Phi) is 6.44. The second kappa shape index (κ2) is 9.19. The van der Waals surface area contributed by atoms with Crippen LogP contribution in [0.3, 0.4) is 0 Å². The molecule has 0 saturated carbocycles. The van der Waals surface area contributed by atoms with Crippen LogP contribution in [0.15, 0.2) is 54.7 Å². The molecule has 0 spiro atoms. The summed E-state index contributed by atoms with van der Waals surface area (Å²) in [6.07, 6.45) is 2.39. The first kappa shape index (κ1) is 20.3. The summed E-state index contributed by atoms with van der Waals surface area (Å²) in [7, 11) is 1.79. The minimum atomic E-state index is -0.137. The Morgan fingerprint density at radius 3 is 2.10 bits per heavy atom. The van der Waals surface area contributed by atoms with E-state index in [1.165, 1.54) is 0 Å². The first-order valence-corrected chi connectivity index (χ1v) is 9.59. The molecule has 0 bridgehead atoms. The van der Waals surface area contributed by atoms with Crippen molar-refractivity contribution in [3.05, 3.63) is 82.5 Å². The fraction of sp³-hybridized carbons (Fsp3) is 0.261. The van der Waals surface area contributed by atoms with E-state index in [2.05, 4.69) is 15.7 Å². The number of hydrogen-bond acceptors (Lipinski definition) is 3. The summed E-state index contributed by atoms with van der Waals surface area (Å²) in [6, 6.07) is 15.7. The van der Waals surface area contributed by atoms with Crippen molar-refractivity contribution < 1.29 is 9.59 Å². The van der Waals surface area contributed by atoms with Crippen LogP contribution in [0.2, 0.25) is 0 Å². The lowest BCUT2D eigenvalue weighted by atomic mass is 10.1. The van der Waals surface area contributed by atoms with E-state index in [0.717, 1.165) is 27.8 Å². The molecule has 2 N–H and O–H groups in total. The maximum atomic E-state index is 12.4. The van der Waals surface area contributed by atoms with Crippen molar-refractivity contribution in [1.82, 2.24) is 15.1 Å². The van der Waals surface area contributed by atoms with Crippen molar-refractivity contribution in [3.8, 4) is 0 Å². The molecule has 1 aromatic heterocycles. The van der Waals surface area contributed by atoms with Gasteiger partial charge in [0, 0.05) is 25.4 Å². The van der Waals surface area contributed by atoms with Gasteiger partial charge in [-0.15, -0.1) is 0 Å². The average molecular weight is 390 g/mol. The Morgan fingerprint density at radius 1 is 0.931 bits per heavy atom. The van der Waals surface area contributed by atoms with E-state index in [1.807, 2.05) is 62.4 Å². The lowest BCUT2D eigenvalue weighted by Crippen LogP contribution is -2.25. The third-order valence-electron chi connectivity index (χ3n) is 4.53. The predicted molar refractivity (Wildman–Crippen MR) is 113 cm³/mol. The molecule has 0 aliphatic heterocycles. The molecule has 29 heavy (non-hydrogen) atoms. The minimum Gasteiger partial charge on any atom is -0.352 e. The molecule has 0 saturated heterocycles. The van der Waals surface area contributed by atoms with Crippen LogP contribution in [0.4, 0.5) is 5.82 Å². The zero-order valence-corrected chi connectivity index (χ0v) is 17.0. The van der Waals surface area contributed by atoms with Gasteiger partial charge in [-0.1, -0.05) is 59.7 Å². The van der Waals surface area contributed by atoms with Gasteiger partial charge in [0.05, 0.1) is 12.8 Å². The number of hydrogen-bond donors (Lipinski definition) is 2. The van der Waals surface area contributed by atoms with Crippen LogP contribution in [0.25, 0.3) is 0 Å². The first-order valence-electron chi connectivity index (χ1n) is 9.59. The molecule has 0 radical (unpaired) electrons. The van der Waals surface area contributed by atoms with E-state index in [4.69, 9.17) is 0 Å². The number of aromatic nitrogens is 2. The molecule has 2 amide bonds. The summed E-state index contributed by atoms with van der Waals surface area (Å²) >= 11 is 0. The van der Waals surface area contributed by atoms with Gasteiger partial charge in [0.1, 0.15) is 0 Å². The minimum absolute atomic E-state index is 0.0727. The lowest BCUT2D eigenvalue weighted by Gasteiger charge is -2.08. The SMILES string of the molecule is Cc1cccc(CC(=O)NCc2cn(C)nc2NC(=O)Cc2cccc(C)c2)c1. The van der Waals surface area contributed by atoms with Crippen LogP contribution in [0.1, 0.15) is 27.8 Å². The number of aryl methyl sites for hydroxylation is 3. The number of anilines is 1. The zero-order valence-electron chi connectivity index (χ0n) is 17.0. The van der Waals surface area contributed by atoms with E-state index in [-0.39, 0.29) is 18.2 Å². The largest absolute Gasteiger partial charge is 0.352 e. The van der Waals surface area contributed by atoms with E-state index in [0.29, 0.717) is 18.8 Å². The first-order chi connectivity index (χ1) is 13.9. The smallest absolute Gasteiger partial charge is 0.230 e. The number of nitrogens with zero attached hydrogens (tertiary/aromatic N) is 2. The highest BCUT2D eigenvalue weighted by atomic mass is 16.2. The number of benzene rings is 2. The average Bonchev–Trinajstić information content (AvgIpc) is 2.99. The Hall–Kier alpha value is -3.41. The van der Waals surface area contributed by atoms with Gasteiger partial charge in [0.15, 0.2) is 5.82 Å². The van der Waals surface area contributed by atoms with Crippen LogP contribution in [-0.2, 0) is 36.0 Å². The summed E-state index contributed by atoms with van der Waals surface area (Å²) in [6.45, 7) is 4.30. The summed E-state index contributed by atoms with van der Waals surface area (Å²) < 4.78 is 1.63. The molecule has 3 aromatic rings. The molecule has 0 aliphatic rings. The van der Waals surface area contributed by atoms with Gasteiger partial charge in [0.25, 0.3) is 0 Å². The predicted octanol–water partition coefficient (Wildman–Crippen LogP) is 3.08. The van der Waals surface area contributed by atoms with Crippen molar-refractivity contribution in [2.24, 2.45) is 7.05 Å². The Morgan fingerprint density at radius 2 is 1.52 bits per heavy atom. The van der Waals surface area contributed by atoms with E-state index < -0.39 is 0 Å². The quantitative estimate of drug-likeness (QED) is 0.651. The highest BCUT2D eigenvalue weighted by Gasteiger charge is 2.13. The number of carbonyl (C=O) groups is 2. The van der Waals surface area contributed by atoms with Crippen molar-refractivity contribution in [2.45, 2.75) is 33.2 Å². The normalized spacial score (nSPS) is 10.6. The lowest BCUT2D eigenvalue weighted by molar-refractivity contribution is -0.120. The molecule has 0 aliphatic carbocycles. The number of carbonyl (C=O) groups excluding carboxylic acids is 2. The van der Waals surface area contributed by atoms with Gasteiger partial charge in [-0.3, -0.25) is 14.3 Å². The molecule has 1 heterocycles. The third-order valence-corrected chi connectivity index (χ3v) is 4.53. The summed E-state index contributed by atoms with van der Waals surface area (Å²) in [5, 5.41) is 10.1. The molecular weight excluding hydrogens is 364 g/mol. The third kappa shape index (κ3) is 6.04. The van der Waals surface area contributed by atoms with Gasteiger partial charge in [-0.2, -0.15) is 5.10 Å². The second-order valence-corrected chi connectivity index (χ2v) is 7.33. The van der Waals surface area contributed by atoms with Crippen LogP contribution in [0.5, 0.6) is 0 Å². The molecule has 0 fully saturated rings. The van der Waals surface area contributed by atoms with Crippen LogP contribution < -0.4 is 10.6 Å². The van der Waals surface area contributed by atoms with E-state index >= 15 is 0 Å². The van der Waals surface area contributed by atoms with Crippen LogP contribution in [0, 0.1) is 13.8 Å².